The maximum absolute atomic E-state index is 14.1. The zero-order chi connectivity index (χ0) is 14.0. The first-order valence-corrected chi connectivity index (χ1v) is 5.88. The van der Waals surface area contributed by atoms with Crippen molar-refractivity contribution in [2.75, 3.05) is 7.11 Å². The molecule has 2 nitrogen and oxygen atoms in total. The monoisotopic (exact) mass is 263 g/mol. The first-order chi connectivity index (χ1) is 9.04. The lowest BCUT2D eigenvalue weighted by atomic mass is 9.97. The van der Waals surface area contributed by atoms with Gasteiger partial charge in [-0.3, -0.25) is 0 Å². The SMILES string of the molecule is COc1cccc(C(N)c2cc(C)ccc2F)c1F. The highest BCUT2D eigenvalue weighted by Crippen LogP contribution is 2.29. The molecule has 0 bridgehead atoms. The summed E-state index contributed by atoms with van der Waals surface area (Å²) in [4.78, 5) is 0. The van der Waals surface area contributed by atoms with Crippen molar-refractivity contribution in [2.24, 2.45) is 5.73 Å². The number of hydrogen-bond acceptors (Lipinski definition) is 2. The quantitative estimate of drug-likeness (QED) is 0.921. The normalized spacial score (nSPS) is 12.3. The molecule has 0 aliphatic rings. The van der Waals surface area contributed by atoms with Crippen molar-refractivity contribution in [3.8, 4) is 5.75 Å². The van der Waals surface area contributed by atoms with Gasteiger partial charge < -0.3 is 10.5 Å². The Kier molecular flexibility index (Phi) is 3.81. The molecule has 0 radical (unpaired) electrons. The third-order valence-corrected chi connectivity index (χ3v) is 3.03. The molecule has 0 heterocycles. The Morgan fingerprint density at radius 2 is 1.84 bits per heavy atom. The highest BCUT2D eigenvalue weighted by Gasteiger charge is 2.19. The van der Waals surface area contributed by atoms with Gasteiger partial charge in [-0.05, 0) is 19.1 Å². The van der Waals surface area contributed by atoms with Gasteiger partial charge in [0.05, 0.1) is 13.2 Å². The van der Waals surface area contributed by atoms with Crippen LogP contribution in [0.3, 0.4) is 0 Å². The molecule has 4 heteroatoms. The largest absolute Gasteiger partial charge is 0.494 e. The third-order valence-electron chi connectivity index (χ3n) is 3.03. The lowest BCUT2D eigenvalue weighted by molar-refractivity contribution is 0.383. The molecule has 0 aliphatic carbocycles. The Morgan fingerprint density at radius 1 is 1.11 bits per heavy atom. The second kappa shape index (κ2) is 5.36. The first-order valence-electron chi connectivity index (χ1n) is 5.88. The van der Waals surface area contributed by atoms with E-state index in [2.05, 4.69) is 0 Å². The van der Waals surface area contributed by atoms with Crippen LogP contribution in [-0.2, 0) is 0 Å². The molecule has 1 unspecified atom stereocenters. The summed E-state index contributed by atoms with van der Waals surface area (Å²) in [6.07, 6.45) is 0. The fraction of sp³-hybridized carbons (Fsp3) is 0.200. The number of rotatable bonds is 3. The van der Waals surface area contributed by atoms with Gasteiger partial charge in [0.15, 0.2) is 11.6 Å². The molecule has 2 aromatic carbocycles. The highest BCUT2D eigenvalue weighted by atomic mass is 19.1. The molecule has 2 N–H and O–H groups in total. The van der Waals surface area contributed by atoms with Crippen LogP contribution in [-0.4, -0.2) is 7.11 Å². The minimum absolute atomic E-state index is 0.0982. The molecule has 100 valence electrons. The molecule has 2 aromatic rings. The summed E-state index contributed by atoms with van der Waals surface area (Å²) in [5.41, 5.74) is 7.33. The molecule has 0 aliphatic heterocycles. The topological polar surface area (TPSA) is 35.2 Å². The van der Waals surface area contributed by atoms with E-state index in [1.54, 1.807) is 18.2 Å². The minimum Gasteiger partial charge on any atom is -0.494 e. The van der Waals surface area contributed by atoms with Gasteiger partial charge in [-0.2, -0.15) is 0 Å². The van der Waals surface area contributed by atoms with Crippen LogP contribution < -0.4 is 10.5 Å². The number of hydrogen-bond donors (Lipinski definition) is 1. The van der Waals surface area contributed by atoms with E-state index in [9.17, 15) is 8.78 Å². The van der Waals surface area contributed by atoms with Crippen LogP contribution in [0.15, 0.2) is 36.4 Å². The van der Waals surface area contributed by atoms with E-state index in [0.29, 0.717) is 0 Å². The molecular weight excluding hydrogens is 248 g/mol. The minimum atomic E-state index is -0.866. The number of halogens is 2. The summed E-state index contributed by atoms with van der Waals surface area (Å²) in [5.74, 6) is -0.903. The van der Waals surface area contributed by atoms with E-state index in [1.165, 1.54) is 25.3 Å². The van der Waals surface area contributed by atoms with Crippen LogP contribution in [0.5, 0.6) is 5.75 Å². The maximum Gasteiger partial charge on any atom is 0.170 e. The summed E-state index contributed by atoms with van der Waals surface area (Å²) in [6, 6.07) is 8.40. The first kappa shape index (κ1) is 13.5. The fourth-order valence-electron chi connectivity index (χ4n) is 1.99. The van der Waals surface area contributed by atoms with Gasteiger partial charge in [0, 0.05) is 11.1 Å². The molecule has 1 atom stereocenters. The van der Waals surface area contributed by atoms with Crippen molar-refractivity contribution < 1.29 is 13.5 Å². The van der Waals surface area contributed by atoms with Crippen LogP contribution in [0, 0.1) is 18.6 Å². The summed E-state index contributed by atoms with van der Waals surface area (Å²) in [6.45, 7) is 1.83. The summed E-state index contributed by atoms with van der Waals surface area (Å²) in [7, 11) is 1.38. The molecular formula is C15H15F2NO. The van der Waals surface area contributed by atoms with E-state index in [4.69, 9.17) is 10.5 Å². The molecule has 0 saturated heterocycles. The Hall–Kier alpha value is -1.94. The van der Waals surface area contributed by atoms with E-state index in [0.717, 1.165) is 5.56 Å². The number of ether oxygens (including phenoxy) is 1. The highest BCUT2D eigenvalue weighted by molar-refractivity contribution is 5.39. The number of benzene rings is 2. The van der Waals surface area contributed by atoms with Crippen LogP contribution in [0.25, 0.3) is 0 Å². The van der Waals surface area contributed by atoms with Crippen LogP contribution in [0.1, 0.15) is 22.7 Å². The van der Waals surface area contributed by atoms with Crippen molar-refractivity contribution in [1.29, 1.82) is 0 Å². The van der Waals surface area contributed by atoms with Crippen molar-refractivity contribution >= 4 is 0 Å². The number of nitrogens with two attached hydrogens (primary N) is 1. The summed E-state index contributed by atoms with van der Waals surface area (Å²) in [5, 5.41) is 0. The number of methoxy groups -OCH3 is 1. The van der Waals surface area contributed by atoms with Crippen LogP contribution in [0.4, 0.5) is 8.78 Å². The second-order valence-electron chi connectivity index (χ2n) is 4.37. The van der Waals surface area contributed by atoms with Crippen molar-refractivity contribution in [2.45, 2.75) is 13.0 Å². The predicted octanol–water partition coefficient (Wildman–Crippen LogP) is 3.33. The van der Waals surface area contributed by atoms with Crippen molar-refractivity contribution in [1.82, 2.24) is 0 Å². The standard InChI is InChI=1S/C15H15F2NO/c1-9-6-7-12(16)11(8-9)15(18)10-4-3-5-13(19-2)14(10)17/h3-8,15H,18H2,1-2H3. The van der Waals surface area contributed by atoms with Crippen LogP contribution in [0.2, 0.25) is 0 Å². The van der Waals surface area contributed by atoms with Crippen molar-refractivity contribution in [3.05, 3.63) is 64.7 Å². The molecule has 0 spiro atoms. The smallest absolute Gasteiger partial charge is 0.170 e. The van der Waals surface area contributed by atoms with Crippen molar-refractivity contribution in [3.63, 3.8) is 0 Å². The van der Waals surface area contributed by atoms with Gasteiger partial charge in [0.25, 0.3) is 0 Å². The van der Waals surface area contributed by atoms with Gasteiger partial charge in [-0.25, -0.2) is 8.78 Å². The van der Waals surface area contributed by atoms with E-state index >= 15 is 0 Å². The Labute approximate surface area is 110 Å². The van der Waals surface area contributed by atoms with Gasteiger partial charge >= 0.3 is 0 Å². The summed E-state index contributed by atoms with van der Waals surface area (Å²) >= 11 is 0. The Morgan fingerprint density at radius 3 is 2.53 bits per heavy atom. The van der Waals surface area contributed by atoms with Gasteiger partial charge in [-0.15, -0.1) is 0 Å². The zero-order valence-corrected chi connectivity index (χ0v) is 10.8. The molecule has 19 heavy (non-hydrogen) atoms. The van der Waals surface area contributed by atoms with Gasteiger partial charge in [-0.1, -0.05) is 29.8 Å². The molecule has 0 amide bonds. The average Bonchev–Trinajstić information content (AvgIpc) is 2.41. The lowest BCUT2D eigenvalue weighted by Crippen LogP contribution is -2.16. The predicted molar refractivity (Wildman–Crippen MR) is 70.1 cm³/mol. The van der Waals surface area contributed by atoms with Gasteiger partial charge in [0.1, 0.15) is 5.82 Å². The number of aryl methyl sites for hydroxylation is 1. The maximum atomic E-state index is 14.1. The molecule has 0 fully saturated rings. The molecule has 2 rings (SSSR count). The Bertz CT molecular complexity index is 599. The zero-order valence-electron chi connectivity index (χ0n) is 10.8. The van der Waals surface area contributed by atoms with Crippen LogP contribution >= 0.6 is 0 Å². The summed E-state index contributed by atoms with van der Waals surface area (Å²) < 4.78 is 32.8. The molecule has 0 aromatic heterocycles. The average molecular weight is 263 g/mol. The van der Waals surface area contributed by atoms with Gasteiger partial charge in [0.2, 0.25) is 0 Å². The second-order valence-corrected chi connectivity index (χ2v) is 4.37. The van der Waals surface area contributed by atoms with E-state index in [1.807, 2.05) is 6.92 Å². The molecule has 0 saturated carbocycles. The Balaban J connectivity index is 2.50. The third kappa shape index (κ3) is 2.58. The fourth-order valence-corrected chi connectivity index (χ4v) is 1.99. The van der Waals surface area contributed by atoms with E-state index < -0.39 is 17.7 Å². The van der Waals surface area contributed by atoms with E-state index in [-0.39, 0.29) is 16.9 Å². The lowest BCUT2D eigenvalue weighted by Gasteiger charge is -2.16.